The molecule has 1 saturated carbocycles. The molecule has 1 N–H and O–H groups in total. The molecule has 0 bridgehead atoms. The number of nitrogens with one attached hydrogen (secondary N) is 1. The van der Waals surface area contributed by atoms with E-state index in [1.807, 2.05) is 18.3 Å². The fraction of sp³-hybridized carbons (Fsp3) is 0.571. The topological polar surface area (TPSA) is 37.4 Å². The van der Waals surface area contributed by atoms with E-state index in [2.05, 4.69) is 34.3 Å². The standard InChI is InChI=1S/C21H31N3O/c1-3-4-13-24(18-9-5-6-10-18)14-12-22-20-16-19(25-2)15-17-8-7-11-23-21(17)20/h7-8,11,15-16,18,22H,3-6,9-10,12-14H2,1-2H3. The maximum Gasteiger partial charge on any atom is 0.121 e. The van der Waals surface area contributed by atoms with E-state index in [0.29, 0.717) is 0 Å². The van der Waals surface area contributed by atoms with Gasteiger partial charge in [0, 0.05) is 36.8 Å². The number of benzene rings is 1. The van der Waals surface area contributed by atoms with Gasteiger partial charge < -0.3 is 10.1 Å². The van der Waals surface area contributed by atoms with Gasteiger partial charge in [0.2, 0.25) is 0 Å². The Bertz CT molecular complexity index is 667. The number of pyridine rings is 1. The second kappa shape index (κ2) is 9.04. The Balaban J connectivity index is 1.66. The quantitative estimate of drug-likeness (QED) is 0.717. The summed E-state index contributed by atoms with van der Waals surface area (Å²) in [4.78, 5) is 7.24. The predicted molar refractivity (Wildman–Crippen MR) is 106 cm³/mol. The van der Waals surface area contributed by atoms with Crippen molar-refractivity contribution in [2.24, 2.45) is 0 Å². The summed E-state index contributed by atoms with van der Waals surface area (Å²) in [6.07, 6.45) is 9.93. The Morgan fingerprint density at radius 3 is 2.84 bits per heavy atom. The van der Waals surface area contributed by atoms with E-state index in [1.165, 1.54) is 45.1 Å². The van der Waals surface area contributed by atoms with Crippen molar-refractivity contribution in [2.45, 2.75) is 51.5 Å². The highest BCUT2D eigenvalue weighted by Crippen LogP contribution is 2.28. The van der Waals surface area contributed by atoms with Crippen LogP contribution in [0.25, 0.3) is 10.9 Å². The molecule has 1 aromatic heterocycles. The summed E-state index contributed by atoms with van der Waals surface area (Å²) in [7, 11) is 1.72. The lowest BCUT2D eigenvalue weighted by atomic mass is 10.1. The zero-order valence-corrected chi connectivity index (χ0v) is 15.6. The van der Waals surface area contributed by atoms with E-state index in [-0.39, 0.29) is 0 Å². The number of unbranched alkanes of at least 4 members (excludes halogenated alkanes) is 1. The Hall–Kier alpha value is -1.81. The zero-order valence-electron chi connectivity index (χ0n) is 15.6. The number of hydrogen-bond acceptors (Lipinski definition) is 4. The molecule has 0 atom stereocenters. The van der Waals surface area contributed by atoms with E-state index < -0.39 is 0 Å². The lowest BCUT2D eigenvalue weighted by Gasteiger charge is -2.29. The molecule has 3 rings (SSSR count). The zero-order chi connectivity index (χ0) is 17.5. The molecule has 0 amide bonds. The van der Waals surface area contributed by atoms with Crippen LogP contribution >= 0.6 is 0 Å². The molecular weight excluding hydrogens is 310 g/mol. The molecule has 0 radical (unpaired) electrons. The van der Waals surface area contributed by atoms with E-state index in [9.17, 15) is 0 Å². The number of rotatable bonds is 9. The fourth-order valence-electron chi connectivity index (χ4n) is 3.86. The maximum atomic E-state index is 5.45. The molecule has 0 spiro atoms. The predicted octanol–water partition coefficient (Wildman–Crippen LogP) is 4.70. The SMILES string of the molecule is CCCCN(CCNc1cc(OC)cc2cccnc12)C1CCCC1. The first-order valence-electron chi connectivity index (χ1n) is 9.72. The van der Waals surface area contributed by atoms with Crippen LogP contribution in [0.1, 0.15) is 45.4 Å². The van der Waals surface area contributed by atoms with Crippen molar-refractivity contribution < 1.29 is 4.74 Å². The number of nitrogens with zero attached hydrogens (tertiary/aromatic N) is 2. The first-order valence-corrected chi connectivity index (χ1v) is 9.72. The van der Waals surface area contributed by atoms with Crippen LogP contribution in [0.3, 0.4) is 0 Å². The third-order valence-corrected chi connectivity index (χ3v) is 5.27. The van der Waals surface area contributed by atoms with Gasteiger partial charge >= 0.3 is 0 Å². The van der Waals surface area contributed by atoms with Gasteiger partial charge in [0.05, 0.1) is 18.3 Å². The molecule has 4 nitrogen and oxygen atoms in total. The highest BCUT2D eigenvalue weighted by atomic mass is 16.5. The van der Waals surface area contributed by atoms with E-state index in [4.69, 9.17) is 4.74 Å². The van der Waals surface area contributed by atoms with E-state index >= 15 is 0 Å². The van der Waals surface area contributed by atoms with Gasteiger partial charge in [0.15, 0.2) is 0 Å². The van der Waals surface area contributed by atoms with Crippen molar-refractivity contribution in [1.29, 1.82) is 0 Å². The van der Waals surface area contributed by atoms with Crippen LogP contribution in [-0.2, 0) is 0 Å². The number of ether oxygens (including phenoxy) is 1. The second-order valence-electron chi connectivity index (χ2n) is 7.00. The normalized spacial score (nSPS) is 15.2. The van der Waals surface area contributed by atoms with Crippen LogP contribution in [-0.4, -0.2) is 42.7 Å². The molecule has 0 saturated heterocycles. The first kappa shape index (κ1) is 18.0. The average molecular weight is 341 g/mol. The van der Waals surface area contributed by atoms with Gasteiger partial charge in [-0.2, -0.15) is 0 Å². The molecule has 0 unspecified atom stereocenters. The molecule has 1 aliphatic rings. The van der Waals surface area contributed by atoms with Crippen LogP contribution in [0.4, 0.5) is 5.69 Å². The average Bonchev–Trinajstić information content (AvgIpc) is 3.18. The fourth-order valence-corrected chi connectivity index (χ4v) is 3.86. The summed E-state index contributed by atoms with van der Waals surface area (Å²) >= 11 is 0. The minimum atomic E-state index is 0.786. The van der Waals surface area contributed by atoms with Crippen LogP contribution in [0.5, 0.6) is 5.75 Å². The third kappa shape index (κ3) is 4.63. The molecule has 1 aromatic carbocycles. The molecule has 136 valence electrons. The summed E-state index contributed by atoms with van der Waals surface area (Å²) in [6, 6.07) is 8.94. The molecule has 4 heteroatoms. The number of hydrogen-bond donors (Lipinski definition) is 1. The van der Waals surface area contributed by atoms with Gasteiger partial charge in [0.1, 0.15) is 5.75 Å². The summed E-state index contributed by atoms with van der Waals surface area (Å²) in [6.45, 7) is 5.54. The largest absolute Gasteiger partial charge is 0.497 e. The molecule has 2 aromatic rings. The van der Waals surface area contributed by atoms with Gasteiger partial charge in [-0.1, -0.05) is 32.3 Å². The summed E-state index contributed by atoms with van der Waals surface area (Å²) < 4.78 is 5.45. The van der Waals surface area contributed by atoms with Crippen molar-refractivity contribution in [3.8, 4) is 5.75 Å². The van der Waals surface area contributed by atoms with Crippen molar-refractivity contribution in [1.82, 2.24) is 9.88 Å². The van der Waals surface area contributed by atoms with E-state index in [1.54, 1.807) is 7.11 Å². The van der Waals surface area contributed by atoms with Crippen LogP contribution < -0.4 is 10.1 Å². The number of anilines is 1. The molecule has 25 heavy (non-hydrogen) atoms. The molecule has 1 heterocycles. The van der Waals surface area contributed by atoms with Gasteiger partial charge in [-0.25, -0.2) is 0 Å². The highest BCUT2D eigenvalue weighted by Gasteiger charge is 2.21. The highest BCUT2D eigenvalue weighted by molar-refractivity contribution is 5.91. The van der Waals surface area contributed by atoms with Crippen LogP contribution in [0, 0.1) is 0 Å². The minimum absolute atomic E-state index is 0.786. The van der Waals surface area contributed by atoms with Crippen molar-refractivity contribution in [2.75, 3.05) is 32.1 Å². The Morgan fingerprint density at radius 1 is 1.24 bits per heavy atom. The summed E-state index contributed by atoms with van der Waals surface area (Å²) in [5.74, 6) is 0.877. The lowest BCUT2D eigenvalue weighted by molar-refractivity contribution is 0.203. The van der Waals surface area contributed by atoms with Crippen molar-refractivity contribution >= 4 is 16.6 Å². The minimum Gasteiger partial charge on any atom is -0.497 e. The first-order chi connectivity index (χ1) is 12.3. The summed E-state index contributed by atoms with van der Waals surface area (Å²) in [5, 5.41) is 4.72. The van der Waals surface area contributed by atoms with Gasteiger partial charge in [-0.15, -0.1) is 0 Å². The monoisotopic (exact) mass is 341 g/mol. The van der Waals surface area contributed by atoms with Crippen molar-refractivity contribution in [3.63, 3.8) is 0 Å². The summed E-state index contributed by atoms with van der Waals surface area (Å²) in [5.41, 5.74) is 2.08. The maximum absolute atomic E-state index is 5.45. The van der Waals surface area contributed by atoms with Gasteiger partial charge in [-0.05, 0) is 37.9 Å². The van der Waals surface area contributed by atoms with Crippen LogP contribution in [0.15, 0.2) is 30.5 Å². The molecular formula is C21H31N3O. The number of fused-ring (bicyclic) bond motifs is 1. The lowest BCUT2D eigenvalue weighted by Crippen LogP contribution is -2.37. The third-order valence-electron chi connectivity index (χ3n) is 5.27. The molecule has 0 aliphatic heterocycles. The second-order valence-corrected chi connectivity index (χ2v) is 7.00. The van der Waals surface area contributed by atoms with Crippen molar-refractivity contribution in [3.05, 3.63) is 30.5 Å². The molecule has 1 fully saturated rings. The van der Waals surface area contributed by atoms with Crippen LogP contribution in [0.2, 0.25) is 0 Å². The molecule has 1 aliphatic carbocycles. The van der Waals surface area contributed by atoms with Gasteiger partial charge in [-0.3, -0.25) is 9.88 Å². The Kier molecular flexibility index (Phi) is 6.51. The Labute approximate surface area is 151 Å². The smallest absolute Gasteiger partial charge is 0.121 e. The number of aromatic nitrogens is 1. The van der Waals surface area contributed by atoms with E-state index in [0.717, 1.165) is 41.5 Å². The van der Waals surface area contributed by atoms with Gasteiger partial charge in [0.25, 0.3) is 0 Å². The Morgan fingerprint density at radius 2 is 2.08 bits per heavy atom. The number of methoxy groups -OCH3 is 1.